The lowest BCUT2D eigenvalue weighted by atomic mass is 9.69. The summed E-state index contributed by atoms with van der Waals surface area (Å²) in [6, 6.07) is 17.2. The molecular weight excluding hydrogens is 452 g/mol. The molecule has 1 saturated carbocycles. The Morgan fingerprint density at radius 1 is 0.971 bits per heavy atom. The van der Waals surface area contributed by atoms with Crippen LogP contribution in [0.25, 0.3) is 0 Å². The first-order chi connectivity index (χ1) is 16.3. The van der Waals surface area contributed by atoms with Gasteiger partial charge in [0.1, 0.15) is 17.6 Å². The van der Waals surface area contributed by atoms with Crippen molar-refractivity contribution >= 4 is 10.0 Å². The van der Waals surface area contributed by atoms with Crippen LogP contribution in [0.3, 0.4) is 0 Å². The highest BCUT2D eigenvalue weighted by atomic mass is 32.2. The van der Waals surface area contributed by atoms with E-state index in [1.807, 2.05) is 12.1 Å². The number of benzene rings is 2. The van der Waals surface area contributed by atoms with Crippen molar-refractivity contribution in [3.63, 3.8) is 0 Å². The maximum atomic E-state index is 11.5. The van der Waals surface area contributed by atoms with Crippen molar-refractivity contribution in [2.45, 2.75) is 43.2 Å². The Hall–Kier alpha value is -2.13. The number of rotatable bonds is 8. The minimum absolute atomic E-state index is 0.0991. The van der Waals surface area contributed by atoms with Gasteiger partial charge >= 0.3 is 0 Å². The van der Waals surface area contributed by atoms with Crippen molar-refractivity contribution in [3.8, 4) is 11.5 Å². The van der Waals surface area contributed by atoms with E-state index in [1.165, 1.54) is 21.7 Å². The van der Waals surface area contributed by atoms with Crippen molar-refractivity contribution in [2.75, 3.05) is 39.2 Å². The molecule has 1 aliphatic carbocycles. The Bertz CT molecular complexity index is 1070. The monoisotopic (exact) mass is 486 g/mol. The van der Waals surface area contributed by atoms with Gasteiger partial charge in [-0.15, -0.1) is 0 Å². The first-order valence-electron chi connectivity index (χ1n) is 12.1. The lowest BCUT2D eigenvalue weighted by Crippen LogP contribution is -2.51. The van der Waals surface area contributed by atoms with E-state index in [4.69, 9.17) is 19.9 Å². The van der Waals surface area contributed by atoms with Crippen LogP contribution in [-0.4, -0.2) is 64.0 Å². The molecule has 184 valence electrons. The molecule has 0 spiro atoms. The zero-order valence-corrected chi connectivity index (χ0v) is 20.5. The van der Waals surface area contributed by atoms with E-state index < -0.39 is 10.0 Å². The Morgan fingerprint density at radius 2 is 1.53 bits per heavy atom. The summed E-state index contributed by atoms with van der Waals surface area (Å²) in [5.41, 5.74) is 8.31. The van der Waals surface area contributed by atoms with Crippen molar-refractivity contribution in [2.24, 2.45) is 11.7 Å². The van der Waals surface area contributed by atoms with Gasteiger partial charge in [-0.3, -0.25) is 0 Å². The summed E-state index contributed by atoms with van der Waals surface area (Å²) in [4.78, 5) is 0. The quantitative estimate of drug-likeness (QED) is 0.617. The fraction of sp³-hybridized carbons (Fsp3) is 0.538. The molecular formula is C26H34N2O5S. The standard InChI is InChI=1S/C26H34N2O5S/c1-34(29,30)28-16-19(17-28)18-32-23-6-2-20(3-7-23)26(10-12-31-13-11-26)21-4-8-24(9-5-21)33-25-14-22(27)15-25/h2-9,19,22,25H,10-18,27H2,1H3. The number of nitrogens with zero attached hydrogens (tertiary/aromatic N) is 1. The first-order valence-corrected chi connectivity index (χ1v) is 14.0. The van der Waals surface area contributed by atoms with E-state index in [0.29, 0.717) is 19.7 Å². The molecule has 0 amide bonds. The van der Waals surface area contributed by atoms with E-state index in [-0.39, 0.29) is 23.5 Å². The topological polar surface area (TPSA) is 91.1 Å². The van der Waals surface area contributed by atoms with Crippen molar-refractivity contribution in [1.82, 2.24) is 4.31 Å². The van der Waals surface area contributed by atoms with Crippen LogP contribution in [0.4, 0.5) is 0 Å². The van der Waals surface area contributed by atoms with Crippen LogP contribution in [0.2, 0.25) is 0 Å². The molecule has 3 fully saturated rings. The summed E-state index contributed by atoms with van der Waals surface area (Å²) >= 11 is 0. The molecule has 0 radical (unpaired) electrons. The molecule has 3 aliphatic rings. The van der Waals surface area contributed by atoms with Gasteiger partial charge in [0.25, 0.3) is 0 Å². The van der Waals surface area contributed by atoms with Gasteiger partial charge < -0.3 is 19.9 Å². The minimum atomic E-state index is -3.09. The molecule has 2 aliphatic heterocycles. The third-order valence-electron chi connectivity index (χ3n) is 7.47. The van der Waals surface area contributed by atoms with Gasteiger partial charge in [-0.25, -0.2) is 12.7 Å². The van der Waals surface area contributed by atoms with Crippen LogP contribution >= 0.6 is 0 Å². The second-order valence-electron chi connectivity index (χ2n) is 9.97. The Kier molecular flexibility index (Phi) is 6.59. The number of hydrogen-bond acceptors (Lipinski definition) is 6. The molecule has 5 rings (SSSR count). The van der Waals surface area contributed by atoms with Crippen LogP contribution in [-0.2, 0) is 20.2 Å². The third-order valence-corrected chi connectivity index (χ3v) is 8.71. The van der Waals surface area contributed by atoms with E-state index >= 15 is 0 Å². The minimum Gasteiger partial charge on any atom is -0.493 e. The van der Waals surface area contributed by atoms with Crippen LogP contribution in [0.5, 0.6) is 11.5 Å². The van der Waals surface area contributed by atoms with Crippen molar-refractivity contribution in [3.05, 3.63) is 59.7 Å². The maximum Gasteiger partial charge on any atom is 0.211 e. The van der Waals surface area contributed by atoms with Crippen molar-refractivity contribution < 1.29 is 22.6 Å². The average Bonchev–Trinajstić information content (AvgIpc) is 2.77. The van der Waals surface area contributed by atoms with Crippen LogP contribution in [0.1, 0.15) is 36.8 Å². The molecule has 2 saturated heterocycles. The normalized spacial score (nSPS) is 25.2. The second kappa shape index (κ2) is 9.49. The molecule has 0 atom stereocenters. The second-order valence-corrected chi connectivity index (χ2v) is 12.0. The molecule has 0 unspecified atom stereocenters. The van der Waals surface area contributed by atoms with Gasteiger partial charge in [0.05, 0.1) is 12.9 Å². The van der Waals surface area contributed by atoms with E-state index in [2.05, 4.69) is 36.4 Å². The fourth-order valence-corrected chi connectivity index (χ4v) is 6.16. The summed E-state index contributed by atoms with van der Waals surface area (Å²) in [6.07, 6.45) is 5.18. The van der Waals surface area contributed by atoms with Gasteiger partial charge in [-0.1, -0.05) is 24.3 Å². The van der Waals surface area contributed by atoms with Crippen LogP contribution in [0, 0.1) is 5.92 Å². The molecule has 8 heteroatoms. The summed E-state index contributed by atoms with van der Waals surface area (Å²) < 4.78 is 42.2. The smallest absolute Gasteiger partial charge is 0.211 e. The molecule has 34 heavy (non-hydrogen) atoms. The zero-order valence-electron chi connectivity index (χ0n) is 19.7. The Morgan fingerprint density at radius 3 is 2.06 bits per heavy atom. The zero-order chi connectivity index (χ0) is 23.8. The predicted octanol–water partition coefficient (Wildman–Crippen LogP) is 2.92. The van der Waals surface area contributed by atoms with Gasteiger partial charge in [-0.05, 0) is 61.1 Å². The number of hydrogen-bond donors (Lipinski definition) is 1. The molecule has 2 heterocycles. The summed E-state index contributed by atoms with van der Waals surface area (Å²) in [6.45, 7) is 3.06. The number of nitrogens with two attached hydrogens (primary N) is 1. The molecule has 0 bridgehead atoms. The lowest BCUT2D eigenvalue weighted by Gasteiger charge is -2.39. The summed E-state index contributed by atoms with van der Waals surface area (Å²) in [5, 5.41) is 0. The average molecular weight is 487 g/mol. The predicted molar refractivity (Wildman–Crippen MR) is 131 cm³/mol. The van der Waals surface area contributed by atoms with Gasteiger partial charge in [0.2, 0.25) is 10.0 Å². The lowest BCUT2D eigenvalue weighted by molar-refractivity contribution is 0.0630. The summed E-state index contributed by atoms with van der Waals surface area (Å²) in [7, 11) is -3.09. The van der Waals surface area contributed by atoms with Gasteiger partial charge in [-0.2, -0.15) is 0 Å². The molecule has 7 nitrogen and oxygen atoms in total. The van der Waals surface area contributed by atoms with Crippen molar-refractivity contribution in [1.29, 1.82) is 0 Å². The molecule has 0 aromatic heterocycles. The van der Waals surface area contributed by atoms with E-state index in [0.717, 1.165) is 50.4 Å². The Labute approximate surface area is 202 Å². The largest absolute Gasteiger partial charge is 0.493 e. The molecule has 2 aromatic rings. The maximum absolute atomic E-state index is 11.5. The van der Waals surface area contributed by atoms with Gasteiger partial charge in [0.15, 0.2) is 0 Å². The van der Waals surface area contributed by atoms with E-state index in [9.17, 15) is 8.42 Å². The molecule has 2 aromatic carbocycles. The highest BCUT2D eigenvalue weighted by Gasteiger charge is 2.37. The Balaban J connectivity index is 1.25. The summed E-state index contributed by atoms with van der Waals surface area (Å²) in [5.74, 6) is 1.95. The third kappa shape index (κ3) is 4.96. The highest BCUT2D eigenvalue weighted by molar-refractivity contribution is 7.88. The number of sulfonamides is 1. The SMILES string of the molecule is CS(=O)(=O)N1CC(COc2ccc(C3(c4ccc(OC5CC(N)C5)cc4)CCOCC3)cc2)C1. The first kappa shape index (κ1) is 23.6. The van der Waals surface area contributed by atoms with Crippen LogP contribution in [0.15, 0.2) is 48.5 Å². The van der Waals surface area contributed by atoms with Gasteiger partial charge in [0, 0.05) is 43.7 Å². The fourth-order valence-electron chi connectivity index (χ4n) is 5.19. The number of ether oxygens (including phenoxy) is 3. The van der Waals surface area contributed by atoms with E-state index in [1.54, 1.807) is 0 Å². The van der Waals surface area contributed by atoms with Crippen LogP contribution < -0.4 is 15.2 Å². The molecule has 2 N–H and O–H groups in total. The highest BCUT2D eigenvalue weighted by Crippen LogP contribution is 2.42.